The van der Waals surface area contributed by atoms with Gasteiger partial charge in [-0.15, -0.1) is 0 Å². The molecule has 0 saturated carbocycles. The number of H-pyrrole nitrogens is 1. The van der Waals surface area contributed by atoms with Gasteiger partial charge in [-0.3, -0.25) is 9.89 Å². The van der Waals surface area contributed by atoms with E-state index in [9.17, 15) is 14.7 Å². The Labute approximate surface area is 151 Å². The molecule has 1 amide bonds. The molecule has 8 heteroatoms. The summed E-state index contributed by atoms with van der Waals surface area (Å²) in [5.41, 5.74) is 1.47. The second-order valence-electron chi connectivity index (χ2n) is 5.74. The molecule has 0 radical (unpaired) electrons. The first-order valence-corrected chi connectivity index (χ1v) is 8.31. The number of carboxylic acids is 1. The molecule has 0 aliphatic rings. The number of nitrogens with zero attached hydrogens (tertiary/aromatic N) is 1. The number of rotatable bonds is 9. The van der Waals surface area contributed by atoms with Gasteiger partial charge in [-0.1, -0.05) is 19.8 Å². The van der Waals surface area contributed by atoms with Crippen LogP contribution in [-0.4, -0.2) is 47.4 Å². The van der Waals surface area contributed by atoms with Crippen molar-refractivity contribution in [2.75, 3.05) is 14.2 Å². The van der Waals surface area contributed by atoms with Crippen molar-refractivity contribution in [3.63, 3.8) is 0 Å². The number of hydrogen-bond donors (Lipinski definition) is 3. The van der Waals surface area contributed by atoms with E-state index in [0.29, 0.717) is 23.6 Å². The van der Waals surface area contributed by atoms with Crippen molar-refractivity contribution in [1.29, 1.82) is 0 Å². The second-order valence-corrected chi connectivity index (χ2v) is 5.74. The molecule has 0 aliphatic heterocycles. The average molecular weight is 361 g/mol. The number of benzene rings is 1. The van der Waals surface area contributed by atoms with Crippen molar-refractivity contribution in [1.82, 2.24) is 15.5 Å². The largest absolute Gasteiger partial charge is 0.493 e. The zero-order valence-electron chi connectivity index (χ0n) is 15.0. The lowest BCUT2D eigenvalue weighted by atomic mass is 10.1. The van der Waals surface area contributed by atoms with Gasteiger partial charge in [0.2, 0.25) is 0 Å². The van der Waals surface area contributed by atoms with E-state index in [4.69, 9.17) is 9.47 Å². The van der Waals surface area contributed by atoms with Crippen LogP contribution in [0.5, 0.6) is 11.5 Å². The molecule has 2 aromatic rings. The fraction of sp³-hybridized carbons (Fsp3) is 0.389. The topological polar surface area (TPSA) is 114 Å². The van der Waals surface area contributed by atoms with Gasteiger partial charge in [0.05, 0.1) is 19.9 Å². The van der Waals surface area contributed by atoms with E-state index in [2.05, 4.69) is 15.5 Å². The van der Waals surface area contributed by atoms with E-state index >= 15 is 0 Å². The number of aromatic nitrogens is 2. The Morgan fingerprint density at radius 3 is 2.58 bits per heavy atom. The van der Waals surface area contributed by atoms with Crippen molar-refractivity contribution in [3.8, 4) is 22.8 Å². The van der Waals surface area contributed by atoms with Crippen LogP contribution in [0.25, 0.3) is 11.3 Å². The van der Waals surface area contributed by atoms with Crippen LogP contribution >= 0.6 is 0 Å². The van der Waals surface area contributed by atoms with Gasteiger partial charge in [0.15, 0.2) is 11.5 Å². The minimum absolute atomic E-state index is 0.192. The highest BCUT2D eigenvalue weighted by Gasteiger charge is 2.21. The molecular formula is C18H23N3O5. The van der Waals surface area contributed by atoms with Gasteiger partial charge in [-0.25, -0.2) is 4.79 Å². The number of aromatic amines is 1. The van der Waals surface area contributed by atoms with Crippen molar-refractivity contribution < 1.29 is 24.2 Å². The summed E-state index contributed by atoms with van der Waals surface area (Å²) in [6.45, 7) is 1.96. The number of hydrogen-bond acceptors (Lipinski definition) is 5. The van der Waals surface area contributed by atoms with Crippen LogP contribution in [0.2, 0.25) is 0 Å². The molecule has 8 nitrogen and oxygen atoms in total. The SMILES string of the molecule is CCCCC(NC(=O)c1cc(-c2ccc(OC)c(OC)c2)n[nH]1)C(=O)O. The first kappa shape index (κ1) is 19.3. The van der Waals surface area contributed by atoms with E-state index in [0.717, 1.165) is 18.4 Å². The number of unbranched alkanes of at least 4 members (excludes halogenated alkanes) is 1. The van der Waals surface area contributed by atoms with Crippen LogP contribution in [0.15, 0.2) is 24.3 Å². The third-order valence-electron chi connectivity index (χ3n) is 3.95. The van der Waals surface area contributed by atoms with E-state index in [-0.39, 0.29) is 5.69 Å². The fourth-order valence-corrected chi connectivity index (χ4v) is 2.48. The van der Waals surface area contributed by atoms with Crippen LogP contribution in [0, 0.1) is 0 Å². The molecule has 1 aromatic carbocycles. The van der Waals surface area contributed by atoms with Gasteiger partial charge in [0.25, 0.3) is 5.91 Å². The second kappa shape index (κ2) is 8.89. The van der Waals surface area contributed by atoms with E-state index in [1.54, 1.807) is 31.4 Å². The molecule has 2 rings (SSSR count). The Bertz CT molecular complexity index is 772. The molecule has 1 aromatic heterocycles. The van der Waals surface area contributed by atoms with Crippen molar-refractivity contribution in [2.24, 2.45) is 0 Å². The van der Waals surface area contributed by atoms with E-state index in [1.807, 2.05) is 6.92 Å². The maximum atomic E-state index is 12.3. The van der Waals surface area contributed by atoms with Crippen LogP contribution in [0.1, 0.15) is 36.7 Å². The summed E-state index contributed by atoms with van der Waals surface area (Å²) in [5, 5.41) is 18.5. The highest BCUT2D eigenvalue weighted by molar-refractivity contribution is 5.95. The predicted octanol–water partition coefficient (Wildman–Crippen LogP) is 2.47. The Balaban J connectivity index is 2.16. The lowest BCUT2D eigenvalue weighted by molar-refractivity contribution is -0.139. The summed E-state index contributed by atoms with van der Waals surface area (Å²) in [4.78, 5) is 23.6. The van der Waals surface area contributed by atoms with E-state index < -0.39 is 17.9 Å². The number of carbonyl (C=O) groups excluding carboxylic acids is 1. The number of carboxylic acid groups (broad SMARTS) is 1. The minimum Gasteiger partial charge on any atom is -0.493 e. The first-order chi connectivity index (χ1) is 12.5. The maximum Gasteiger partial charge on any atom is 0.326 e. The molecule has 140 valence electrons. The Hall–Kier alpha value is -3.03. The monoisotopic (exact) mass is 361 g/mol. The average Bonchev–Trinajstić information content (AvgIpc) is 3.14. The molecule has 0 fully saturated rings. The van der Waals surface area contributed by atoms with Crippen molar-refractivity contribution in [2.45, 2.75) is 32.2 Å². The van der Waals surface area contributed by atoms with Gasteiger partial charge < -0.3 is 19.9 Å². The smallest absolute Gasteiger partial charge is 0.326 e. The number of methoxy groups -OCH3 is 2. The molecule has 3 N–H and O–H groups in total. The lowest BCUT2D eigenvalue weighted by Crippen LogP contribution is -2.40. The predicted molar refractivity (Wildman–Crippen MR) is 95.5 cm³/mol. The molecule has 0 spiro atoms. The summed E-state index contributed by atoms with van der Waals surface area (Å²) in [7, 11) is 3.08. The maximum absolute atomic E-state index is 12.3. The number of ether oxygens (including phenoxy) is 2. The van der Waals surface area contributed by atoms with Crippen molar-refractivity contribution in [3.05, 3.63) is 30.0 Å². The number of carbonyl (C=O) groups is 2. The lowest BCUT2D eigenvalue weighted by Gasteiger charge is -2.13. The third kappa shape index (κ3) is 4.53. The molecular weight excluding hydrogens is 338 g/mol. The molecule has 1 heterocycles. The van der Waals surface area contributed by atoms with Gasteiger partial charge in [0.1, 0.15) is 11.7 Å². The normalized spacial score (nSPS) is 11.7. The fourth-order valence-electron chi connectivity index (χ4n) is 2.48. The zero-order valence-corrected chi connectivity index (χ0v) is 15.0. The quantitative estimate of drug-likeness (QED) is 0.632. The van der Waals surface area contributed by atoms with Crippen LogP contribution < -0.4 is 14.8 Å². The molecule has 0 saturated heterocycles. The van der Waals surface area contributed by atoms with Gasteiger partial charge in [0, 0.05) is 5.56 Å². The Morgan fingerprint density at radius 2 is 1.96 bits per heavy atom. The summed E-state index contributed by atoms with van der Waals surface area (Å²) < 4.78 is 10.5. The molecule has 1 unspecified atom stereocenters. The molecule has 26 heavy (non-hydrogen) atoms. The van der Waals surface area contributed by atoms with Crippen LogP contribution in [0.4, 0.5) is 0 Å². The van der Waals surface area contributed by atoms with Gasteiger partial charge in [-0.05, 0) is 30.7 Å². The number of nitrogens with one attached hydrogen (secondary N) is 2. The molecule has 1 atom stereocenters. The third-order valence-corrected chi connectivity index (χ3v) is 3.95. The number of amides is 1. The van der Waals surface area contributed by atoms with Crippen LogP contribution in [0.3, 0.4) is 0 Å². The molecule has 0 bridgehead atoms. The van der Waals surface area contributed by atoms with Crippen molar-refractivity contribution >= 4 is 11.9 Å². The zero-order chi connectivity index (χ0) is 19.1. The van der Waals surface area contributed by atoms with Crippen LogP contribution in [-0.2, 0) is 4.79 Å². The highest BCUT2D eigenvalue weighted by Crippen LogP contribution is 2.31. The Morgan fingerprint density at radius 1 is 1.23 bits per heavy atom. The summed E-state index contributed by atoms with van der Waals surface area (Å²) in [6.07, 6.45) is 1.96. The van der Waals surface area contributed by atoms with E-state index in [1.165, 1.54) is 7.11 Å². The number of aliphatic carboxylic acids is 1. The summed E-state index contributed by atoms with van der Waals surface area (Å²) in [5.74, 6) is -0.423. The van der Waals surface area contributed by atoms with Gasteiger partial charge in [-0.2, -0.15) is 5.10 Å². The minimum atomic E-state index is -1.05. The van der Waals surface area contributed by atoms with Gasteiger partial charge >= 0.3 is 5.97 Å². The summed E-state index contributed by atoms with van der Waals surface area (Å²) in [6, 6.07) is 5.93. The molecule has 0 aliphatic carbocycles. The summed E-state index contributed by atoms with van der Waals surface area (Å²) >= 11 is 0. The highest BCUT2D eigenvalue weighted by atomic mass is 16.5. The first-order valence-electron chi connectivity index (χ1n) is 8.31. The standard InChI is InChI=1S/C18H23N3O5/c1-4-5-6-12(18(23)24)19-17(22)14-10-13(20-21-14)11-7-8-15(25-2)16(9-11)26-3/h7-10,12H,4-6H2,1-3H3,(H,19,22)(H,20,21)(H,23,24). The Kier molecular flexibility index (Phi) is 6.60.